The van der Waals surface area contributed by atoms with Crippen LogP contribution in [0.25, 0.3) is 33.3 Å². The van der Waals surface area contributed by atoms with Gasteiger partial charge in [-0.15, -0.1) is 0 Å². The van der Waals surface area contributed by atoms with Crippen LogP contribution in [0.4, 0.5) is 0 Å². The number of carbonyl (C=O) groups excluding carboxylic acids is 1. The maximum atomic E-state index is 11.9. The molecule has 4 aromatic rings. The highest BCUT2D eigenvalue weighted by molar-refractivity contribution is 6.02. The molecule has 1 amide bonds. The number of amides is 1. The minimum atomic E-state index is 0.0393. The molecule has 1 N–H and O–H groups in total. The van der Waals surface area contributed by atoms with E-state index >= 15 is 0 Å². The van der Waals surface area contributed by atoms with Crippen molar-refractivity contribution < 1.29 is 4.79 Å². The summed E-state index contributed by atoms with van der Waals surface area (Å²) in [6.45, 7) is 18.0. The zero-order valence-electron chi connectivity index (χ0n) is 22.9. The Balaban J connectivity index is 0.00000137. The third kappa shape index (κ3) is 3.90. The van der Waals surface area contributed by atoms with E-state index in [0.717, 1.165) is 48.4 Å². The smallest absolute Gasteiger partial charge is 0.245 e. The fourth-order valence-corrected chi connectivity index (χ4v) is 6.27. The van der Waals surface area contributed by atoms with Crippen molar-refractivity contribution in [1.29, 1.82) is 0 Å². The number of hydrogen-bond acceptors (Lipinski definition) is 3. The predicted molar refractivity (Wildman–Crippen MR) is 151 cm³/mol. The van der Waals surface area contributed by atoms with Gasteiger partial charge in [-0.05, 0) is 63.8 Å². The molecule has 3 heterocycles. The van der Waals surface area contributed by atoms with Gasteiger partial charge in [-0.3, -0.25) is 14.6 Å². The molecule has 2 aliphatic rings. The molecule has 1 aliphatic heterocycles. The van der Waals surface area contributed by atoms with E-state index in [1.165, 1.54) is 39.4 Å². The molecule has 0 atom stereocenters. The predicted octanol–water partition coefficient (Wildman–Crippen LogP) is 6.70. The summed E-state index contributed by atoms with van der Waals surface area (Å²) in [5.74, 6) is 0.0393. The summed E-state index contributed by atoms with van der Waals surface area (Å²) in [5, 5.41) is 14.2. The van der Waals surface area contributed by atoms with E-state index in [-0.39, 0.29) is 11.3 Å². The van der Waals surface area contributed by atoms with Gasteiger partial charge in [-0.2, -0.15) is 10.2 Å². The summed E-state index contributed by atoms with van der Waals surface area (Å²) in [6, 6.07) is 13.0. The highest BCUT2D eigenvalue weighted by atomic mass is 16.2. The number of benzene rings is 2. The van der Waals surface area contributed by atoms with E-state index in [1.807, 2.05) is 24.8 Å². The number of aryl methyl sites for hydroxylation is 2. The van der Waals surface area contributed by atoms with Crippen molar-refractivity contribution >= 4 is 16.8 Å². The van der Waals surface area contributed by atoms with Crippen LogP contribution >= 0.6 is 0 Å². The quantitative estimate of drug-likeness (QED) is 0.320. The van der Waals surface area contributed by atoms with Gasteiger partial charge in [-0.25, -0.2) is 0 Å². The summed E-state index contributed by atoms with van der Waals surface area (Å²) in [7, 11) is 0. The molecule has 37 heavy (non-hydrogen) atoms. The Morgan fingerprint density at radius 3 is 2.41 bits per heavy atom. The average molecular weight is 496 g/mol. The Labute approximate surface area is 219 Å². The van der Waals surface area contributed by atoms with E-state index in [0.29, 0.717) is 6.04 Å². The van der Waals surface area contributed by atoms with Gasteiger partial charge in [0.25, 0.3) is 0 Å². The zero-order valence-corrected chi connectivity index (χ0v) is 22.9. The SMILES string of the molecule is C=CC(=O)N1CC2(CC(n3nc(-c4ccccc4)c(-c4c(C)c(C)cc5n[nH]c(C)c45)c3C)C2)C1.CC. The van der Waals surface area contributed by atoms with Crippen molar-refractivity contribution in [2.75, 3.05) is 13.1 Å². The molecule has 0 bridgehead atoms. The molecule has 6 rings (SSSR count). The molecule has 1 saturated carbocycles. The standard InChI is InChI=1S/C29H31N5O.C2H6/c1-6-24(35)33-15-29(16-33)13-22(14-29)34-20(5)27(28(32-34)21-10-8-7-9-11-21)25-18(3)17(2)12-23-26(25)19(4)30-31-23;1-2/h6-12,22H,1,13-16H2,2-5H3,(H,30,31);1-2H3. The number of H-pyrrole nitrogens is 1. The van der Waals surface area contributed by atoms with Gasteiger partial charge in [-0.1, -0.05) is 50.8 Å². The van der Waals surface area contributed by atoms with Crippen molar-refractivity contribution in [3.63, 3.8) is 0 Å². The molecule has 1 spiro atoms. The number of carbonyl (C=O) groups is 1. The van der Waals surface area contributed by atoms with Gasteiger partial charge in [0, 0.05) is 52.0 Å². The van der Waals surface area contributed by atoms with Gasteiger partial charge in [0.2, 0.25) is 5.91 Å². The third-order valence-electron chi connectivity index (χ3n) is 8.21. The molecule has 192 valence electrons. The lowest BCUT2D eigenvalue weighted by atomic mass is 9.60. The van der Waals surface area contributed by atoms with Crippen molar-refractivity contribution in [2.45, 2.75) is 60.4 Å². The first kappa shape index (κ1) is 25.0. The fraction of sp³-hybridized carbons (Fsp3) is 0.387. The van der Waals surface area contributed by atoms with Crippen LogP contribution < -0.4 is 0 Å². The Bertz CT molecular complexity index is 1480. The fourth-order valence-electron chi connectivity index (χ4n) is 6.27. The molecular formula is C31H37N5O. The molecule has 1 aliphatic carbocycles. The second-order valence-corrected chi connectivity index (χ2v) is 10.5. The number of rotatable bonds is 4. The maximum absolute atomic E-state index is 11.9. The lowest BCUT2D eigenvalue weighted by molar-refractivity contribution is -0.149. The Morgan fingerprint density at radius 2 is 1.76 bits per heavy atom. The van der Waals surface area contributed by atoms with Crippen molar-refractivity contribution in [1.82, 2.24) is 24.9 Å². The molecule has 2 aromatic carbocycles. The van der Waals surface area contributed by atoms with Crippen LogP contribution in [0.15, 0.2) is 49.1 Å². The van der Waals surface area contributed by atoms with E-state index in [2.05, 4.69) is 79.5 Å². The van der Waals surface area contributed by atoms with Gasteiger partial charge < -0.3 is 4.90 Å². The number of hydrogen-bond donors (Lipinski definition) is 1. The number of fused-ring (bicyclic) bond motifs is 1. The molecule has 2 aromatic heterocycles. The summed E-state index contributed by atoms with van der Waals surface area (Å²) in [6.07, 6.45) is 3.52. The van der Waals surface area contributed by atoms with Crippen LogP contribution in [0.1, 0.15) is 55.2 Å². The Hall–Kier alpha value is -3.67. The number of aromatic nitrogens is 4. The van der Waals surface area contributed by atoms with Crippen molar-refractivity contribution in [3.8, 4) is 22.4 Å². The lowest BCUT2D eigenvalue weighted by Crippen LogP contribution is -2.63. The average Bonchev–Trinajstić information content (AvgIpc) is 3.39. The summed E-state index contributed by atoms with van der Waals surface area (Å²) in [5.41, 5.74) is 10.6. The van der Waals surface area contributed by atoms with E-state index in [9.17, 15) is 4.79 Å². The van der Waals surface area contributed by atoms with E-state index in [4.69, 9.17) is 5.10 Å². The van der Waals surface area contributed by atoms with Gasteiger partial charge in [0.15, 0.2) is 0 Å². The summed E-state index contributed by atoms with van der Waals surface area (Å²) >= 11 is 0. The molecule has 0 radical (unpaired) electrons. The van der Waals surface area contributed by atoms with Crippen molar-refractivity contribution in [3.05, 3.63) is 71.6 Å². The molecular weight excluding hydrogens is 458 g/mol. The zero-order chi connectivity index (χ0) is 26.5. The maximum Gasteiger partial charge on any atom is 0.245 e. The van der Waals surface area contributed by atoms with E-state index in [1.54, 1.807) is 0 Å². The molecule has 1 saturated heterocycles. The topological polar surface area (TPSA) is 66.8 Å². The van der Waals surface area contributed by atoms with Crippen LogP contribution in [0.3, 0.4) is 0 Å². The van der Waals surface area contributed by atoms with Crippen molar-refractivity contribution in [2.24, 2.45) is 5.41 Å². The number of nitrogens with zero attached hydrogens (tertiary/aromatic N) is 4. The third-order valence-corrected chi connectivity index (χ3v) is 8.21. The van der Waals surface area contributed by atoms with Crippen LogP contribution in [-0.2, 0) is 4.79 Å². The number of nitrogens with one attached hydrogen (secondary N) is 1. The molecule has 6 nitrogen and oxygen atoms in total. The van der Waals surface area contributed by atoms with Crippen LogP contribution in [0, 0.1) is 33.1 Å². The minimum absolute atomic E-state index is 0.0393. The van der Waals surface area contributed by atoms with Crippen LogP contribution in [0.2, 0.25) is 0 Å². The largest absolute Gasteiger partial charge is 0.338 e. The highest BCUT2D eigenvalue weighted by Gasteiger charge is 2.54. The minimum Gasteiger partial charge on any atom is -0.338 e. The van der Waals surface area contributed by atoms with E-state index < -0.39 is 0 Å². The Kier molecular flexibility index (Phi) is 6.30. The second-order valence-electron chi connectivity index (χ2n) is 10.5. The first-order chi connectivity index (χ1) is 17.8. The summed E-state index contributed by atoms with van der Waals surface area (Å²) < 4.78 is 2.25. The number of aromatic amines is 1. The van der Waals surface area contributed by atoms with Gasteiger partial charge in [0.05, 0.1) is 11.6 Å². The Morgan fingerprint density at radius 1 is 1.08 bits per heavy atom. The molecule has 0 unspecified atom stereocenters. The molecule has 6 heteroatoms. The first-order valence-corrected chi connectivity index (χ1v) is 13.3. The van der Waals surface area contributed by atoms with Gasteiger partial charge >= 0.3 is 0 Å². The van der Waals surface area contributed by atoms with Crippen LogP contribution in [0.5, 0.6) is 0 Å². The monoisotopic (exact) mass is 495 g/mol. The van der Waals surface area contributed by atoms with Gasteiger partial charge in [0.1, 0.15) is 5.69 Å². The first-order valence-electron chi connectivity index (χ1n) is 13.3. The number of likely N-dealkylation sites (tertiary alicyclic amines) is 1. The highest BCUT2D eigenvalue weighted by Crippen LogP contribution is 2.55. The van der Waals surface area contributed by atoms with Crippen LogP contribution in [-0.4, -0.2) is 43.9 Å². The normalized spacial score (nSPS) is 16.2. The molecule has 2 fully saturated rings. The second kappa shape index (κ2) is 9.33. The summed E-state index contributed by atoms with van der Waals surface area (Å²) in [4.78, 5) is 13.8. The lowest BCUT2D eigenvalue weighted by Gasteiger charge is -2.58.